The van der Waals surface area contributed by atoms with Gasteiger partial charge in [0.05, 0.1) is 29.6 Å². The van der Waals surface area contributed by atoms with Crippen molar-refractivity contribution in [1.29, 1.82) is 5.26 Å². The van der Waals surface area contributed by atoms with E-state index in [9.17, 15) is 0 Å². The number of nitriles is 1. The minimum atomic E-state index is 0.207. The first-order valence-corrected chi connectivity index (χ1v) is 6.62. The lowest BCUT2D eigenvalue weighted by atomic mass is 10.1. The van der Waals surface area contributed by atoms with Gasteiger partial charge in [-0.2, -0.15) is 5.26 Å². The van der Waals surface area contributed by atoms with Gasteiger partial charge in [-0.15, -0.1) is 0 Å². The number of nitrogens with zero attached hydrogens (tertiary/aromatic N) is 3. The lowest BCUT2D eigenvalue weighted by molar-refractivity contribution is 0.204. The van der Waals surface area contributed by atoms with Gasteiger partial charge in [-0.1, -0.05) is 0 Å². The number of nitrogens with two attached hydrogens (primary N) is 1. The number of benzene rings is 1. The quantitative estimate of drug-likeness (QED) is 0.780. The van der Waals surface area contributed by atoms with E-state index in [2.05, 4.69) is 15.9 Å². The summed E-state index contributed by atoms with van der Waals surface area (Å²) >= 11 is 0. The molecule has 0 unspecified atom stereocenters. The van der Waals surface area contributed by atoms with Crippen LogP contribution in [0.25, 0.3) is 0 Å². The van der Waals surface area contributed by atoms with E-state index in [4.69, 9.17) is 16.1 Å². The second-order valence-electron chi connectivity index (χ2n) is 4.79. The molecule has 0 aromatic heterocycles. The highest BCUT2D eigenvalue weighted by molar-refractivity contribution is 5.69. The molecule has 1 saturated heterocycles. The maximum atomic E-state index is 8.99. The van der Waals surface area contributed by atoms with Crippen molar-refractivity contribution in [2.75, 3.05) is 50.0 Å². The number of rotatable bonds is 3. The van der Waals surface area contributed by atoms with E-state index in [0.717, 1.165) is 44.8 Å². The van der Waals surface area contributed by atoms with E-state index in [1.54, 1.807) is 6.07 Å². The van der Waals surface area contributed by atoms with E-state index in [1.165, 1.54) is 0 Å². The summed E-state index contributed by atoms with van der Waals surface area (Å²) in [5.41, 5.74) is 8.29. The molecule has 1 heterocycles. The Morgan fingerprint density at radius 1 is 1.26 bits per heavy atom. The summed E-state index contributed by atoms with van der Waals surface area (Å²) in [6.07, 6.45) is 1.06. The Labute approximate surface area is 113 Å². The highest BCUT2D eigenvalue weighted by Gasteiger charge is 2.16. The Balaban J connectivity index is 2.08. The summed E-state index contributed by atoms with van der Waals surface area (Å²) in [4.78, 5) is 4.52. The third kappa shape index (κ3) is 3.37. The maximum absolute atomic E-state index is 8.99. The Morgan fingerprint density at radius 3 is 2.79 bits per heavy atom. The molecule has 1 aliphatic heterocycles. The molecule has 1 aromatic carbocycles. The van der Waals surface area contributed by atoms with Gasteiger partial charge in [-0.05, 0) is 31.2 Å². The summed E-state index contributed by atoms with van der Waals surface area (Å²) in [5.74, 6) is 0. The number of aliphatic hydroxyl groups excluding tert-OH is 1. The second-order valence-corrected chi connectivity index (χ2v) is 4.79. The average molecular weight is 260 g/mol. The molecule has 0 radical (unpaired) electrons. The molecule has 0 aliphatic carbocycles. The van der Waals surface area contributed by atoms with Crippen molar-refractivity contribution in [2.45, 2.75) is 6.42 Å². The van der Waals surface area contributed by atoms with Gasteiger partial charge >= 0.3 is 0 Å². The van der Waals surface area contributed by atoms with E-state index < -0.39 is 0 Å². The lowest BCUT2D eigenvalue weighted by Gasteiger charge is -2.24. The molecule has 0 bridgehead atoms. The molecule has 102 valence electrons. The molecule has 5 heteroatoms. The summed E-state index contributed by atoms with van der Waals surface area (Å²) in [7, 11) is 0. The molecule has 1 fully saturated rings. The van der Waals surface area contributed by atoms with Gasteiger partial charge < -0.3 is 15.7 Å². The van der Waals surface area contributed by atoms with Crippen molar-refractivity contribution in [1.82, 2.24) is 4.90 Å². The highest BCUT2D eigenvalue weighted by Crippen LogP contribution is 2.25. The monoisotopic (exact) mass is 260 g/mol. The molecule has 3 N–H and O–H groups in total. The number of hydrogen-bond donors (Lipinski definition) is 2. The van der Waals surface area contributed by atoms with Crippen LogP contribution in [0.15, 0.2) is 18.2 Å². The van der Waals surface area contributed by atoms with Gasteiger partial charge in [-0.25, -0.2) is 0 Å². The largest absolute Gasteiger partial charge is 0.397 e. The first kappa shape index (κ1) is 13.7. The molecule has 0 atom stereocenters. The van der Waals surface area contributed by atoms with Crippen LogP contribution in [0, 0.1) is 11.3 Å². The minimum Gasteiger partial charge on any atom is -0.397 e. The van der Waals surface area contributed by atoms with Crippen LogP contribution in [0.4, 0.5) is 11.4 Å². The molecule has 1 aromatic rings. The molecule has 2 rings (SSSR count). The van der Waals surface area contributed by atoms with Crippen molar-refractivity contribution in [3.63, 3.8) is 0 Å². The first-order valence-electron chi connectivity index (χ1n) is 6.62. The van der Waals surface area contributed by atoms with Crippen LogP contribution in [0.5, 0.6) is 0 Å². The van der Waals surface area contributed by atoms with Gasteiger partial charge in [0.2, 0.25) is 0 Å². The van der Waals surface area contributed by atoms with Crippen molar-refractivity contribution >= 4 is 11.4 Å². The Hall–Kier alpha value is -1.77. The van der Waals surface area contributed by atoms with Gasteiger partial charge in [0.15, 0.2) is 0 Å². The van der Waals surface area contributed by atoms with E-state index in [0.29, 0.717) is 11.3 Å². The Bertz CT molecular complexity index is 469. The third-order valence-electron chi connectivity index (χ3n) is 3.50. The Kier molecular flexibility index (Phi) is 4.61. The first-order chi connectivity index (χ1) is 9.24. The smallest absolute Gasteiger partial charge is 0.0992 e. The number of aliphatic hydroxyl groups is 1. The molecule has 19 heavy (non-hydrogen) atoms. The summed E-state index contributed by atoms with van der Waals surface area (Å²) in [6, 6.07) is 7.56. The van der Waals surface area contributed by atoms with Gasteiger partial charge in [0.25, 0.3) is 0 Å². The molecule has 0 spiro atoms. The van der Waals surface area contributed by atoms with Crippen molar-refractivity contribution in [3.8, 4) is 6.07 Å². The van der Waals surface area contributed by atoms with E-state index in [-0.39, 0.29) is 6.61 Å². The molecule has 0 amide bonds. The van der Waals surface area contributed by atoms with Crippen LogP contribution in [0.3, 0.4) is 0 Å². The summed E-state index contributed by atoms with van der Waals surface area (Å²) in [5, 5.41) is 17.8. The maximum Gasteiger partial charge on any atom is 0.0992 e. The molecular weight excluding hydrogens is 240 g/mol. The number of hydrogen-bond acceptors (Lipinski definition) is 5. The van der Waals surface area contributed by atoms with Crippen LogP contribution >= 0.6 is 0 Å². The predicted octanol–water partition coefficient (Wildman–Crippen LogP) is 0.645. The minimum absolute atomic E-state index is 0.207. The van der Waals surface area contributed by atoms with Crippen molar-refractivity contribution < 1.29 is 5.11 Å². The summed E-state index contributed by atoms with van der Waals surface area (Å²) in [6.45, 7) is 4.73. The zero-order valence-corrected chi connectivity index (χ0v) is 11.0. The van der Waals surface area contributed by atoms with Crippen molar-refractivity contribution in [2.24, 2.45) is 0 Å². The predicted molar refractivity (Wildman–Crippen MR) is 75.9 cm³/mol. The summed E-state index contributed by atoms with van der Waals surface area (Å²) < 4.78 is 0. The van der Waals surface area contributed by atoms with Crippen LogP contribution in [0.2, 0.25) is 0 Å². The van der Waals surface area contributed by atoms with E-state index in [1.807, 2.05) is 12.1 Å². The van der Waals surface area contributed by atoms with Gasteiger partial charge in [0, 0.05) is 26.2 Å². The van der Waals surface area contributed by atoms with E-state index >= 15 is 0 Å². The van der Waals surface area contributed by atoms with Crippen LogP contribution in [-0.4, -0.2) is 49.3 Å². The zero-order valence-electron chi connectivity index (χ0n) is 11.0. The molecule has 0 saturated carbocycles. The number of anilines is 2. The van der Waals surface area contributed by atoms with Gasteiger partial charge in [-0.3, -0.25) is 4.90 Å². The SMILES string of the molecule is N#Cc1ccc(N2CCCN(CCO)CC2)c(N)c1. The molecule has 1 aliphatic rings. The topological polar surface area (TPSA) is 76.5 Å². The van der Waals surface area contributed by atoms with Gasteiger partial charge in [0.1, 0.15) is 0 Å². The van der Waals surface area contributed by atoms with Crippen LogP contribution in [-0.2, 0) is 0 Å². The second kappa shape index (κ2) is 6.41. The number of β-amino-alcohol motifs (C(OH)–C–C–N with tert-alkyl or cyclic N) is 1. The number of nitrogen functional groups attached to an aromatic ring is 1. The molecular formula is C14H20N4O. The normalized spacial score (nSPS) is 16.9. The Morgan fingerprint density at radius 2 is 2.11 bits per heavy atom. The fraction of sp³-hybridized carbons (Fsp3) is 0.500. The zero-order chi connectivity index (χ0) is 13.7. The highest BCUT2D eigenvalue weighted by atomic mass is 16.3. The lowest BCUT2D eigenvalue weighted by Crippen LogP contribution is -2.32. The van der Waals surface area contributed by atoms with Crippen molar-refractivity contribution in [3.05, 3.63) is 23.8 Å². The van der Waals surface area contributed by atoms with Crippen LogP contribution < -0.4 is 10.6 Å². The fourth-order valence-corrected chi connectivity index (χ4v) is 2.49. The fourth-order valence-electron chi connectivity index (χ4n) is 2.49. The third-order valence-corrected chi connectivity index (χ3v) is 3.50. The van der Waals surface area contributed by atoms with Crippen LogP contribution in [0.1, 0.15) is 12.0 Å². The molecule has 5 nitrogen and oxygen atoms in total. The average Bonchev–Trinajstić information content (AvgIpc) is 2.65. The standard InChI is InChI=1S/C14H20N4O/c15-11-12-2-3-14(13(16)10-12)18-5-1-4-17(6-7-18)8-9-19/h2-3,10,19H,1,4-9,16H2.